The zero-order valence-corrected chi connectivity index (χ0v) is 14.9. The topological polar surface area (TPSA) is 68.0 Å². The van der Waals surface area contributed by atoms with Crippen LogP contribution in [0.2, 0.25) is 0 Å². The number of amides is 1. The van der Waals surface area contributed by atoms with Crippen molar-refractivity contribution >= 4 is 5.91 Å². The molecule has 5 heteroatoms. The summed E-state index contributed by atoms with van der Waals surface area (Å²) < 4.78 is 13.0. The summed E-state index contributed by atoms with van der Waals surface area (Å²) in [6.45, 7) is 0.734. The molecule has 1 heterocycles. The van der Waals surface area contributed by atoms with E-state index < -0.39 is 0 Å². The molecule has 1 aromatic carbocycles. The van der Waals surface area contributed by atoms with Crippen molar-refractivity contribution in [2.75, 3.05) is 6.54 Å². The van der Waals surface area contributed by atoms with Crippen molar-refractivity contribution in [3.63, 3.8) is 0 Å². The Labute approximate surface area is 154 Å². The van der Waals surface area contributed by atoms with Gasteiger partial charge in [-0.1, -0.05) is 18.2 Å². The first-order chi connectivity index (χ1) is 12.7. The number of rotatable bonds is 6. The van der Waals surface area contributed by atoms with Gasteiger partial charge in [0.25, 0.3) is 0 Å². The molecule has 1 aliphatic rings. The maximum absolute atomic E-state index is 13.0. The first kappa shape index (κ1) is 18.5. The maximum atomic E-state index is 13.0. The minimum atomic E-state index is -0.294. The zero-order chi connectivity index (χ0) is 18.4. The maximum Gasteiger partial charge on any atom is 0.224 e. The molecule has 1 aliphatic carbocycles. The van der Waals surface area contributed by atoms with Gasteiger partial charge < -0.3 is 11.1 Å². The molecule has 0 saturated heterocycles. The largest absolute Gasteiger partial charge is 0.347 e. The van der Waals surface area contributed by atoms with E-state index in [-0.39, 0.29) is 24.2 Å². The fourth-order valence-corrected chi connectivity index (χ4v) is 3.76. The van der Waals surface area contributed by atoms with Crippen LogP contribution in [0.15, 0.2) is 48.7 Å². The molecular weight excluding hydrogens is 329 g/mol. The Morgan fingerprint density at radius 2 is 1.88 bits per heavy atom. The van der Waals surface area contributed by atoms with Gasteiger partial charge in [-0.3, -0.25) is 9.78 Å². The number of benzene rings is 1. The summed E-state index contributed by atoms with van der Waals surface area (Å²) in [5.74, 6) is 0.598. The molecule has 1 saturated carbocycles. The lowest BCUT2D eigenvalue weighted by molar-refractivity contribution is -0.121. The molecule has 1 amide bonds. The normalized spacial score (nSPS) is 21.2. The van der Waals surface area contributed by atoms with Gasteiger partial charge in [0.15, 0.2) is 0 Å². The van der Waals surface area contributed by atoms with Crippen LogP contribution in [-0.2, 0) is 11.2 Å². The van der Waals surface area contributed by atoms with Gasteiger partial charge in [-0.2, -0.15) is 0 Å². The van der Waals surface area contributed by atoms with E-state index in [1.54, 1.807) is 18.3 Å². The van der Waals surface area contributed by atoms with Gasteiger partial charge in [-0.15, -0.1) is 0 Å². The van der Waals surface area contributed by atoms with Crippen LogP contribution >= 0.6 is 0 Å². The molecular formula is C21H26FN3O. The highest BCUT2D eigenvalue weighted by atomic mass is 19.1. The Hall–Kier alpha value is -2.27. The number of halogens is 1. The Bertz CT molecular complexity index is 697. The number of carbonyl (C=O) groups excluding carboxylic acids is 1. The standard InChI is InChI=1S/C21H26FN3O/c22-18-10-6-15(7-11-18)13-20(26)25-21(19-3-1-2-12-24-19)17-8-4-16(14-23)5-9-17/h1-3,6-7,10-12,16-17,21H,4-5,8-9,13-14,23H2,(H,25,26)/t16?,17?,21-/m1/s1. The number of hydrogen-bond acceptors (Lipinski definition) is 3. The lowest BCUT2D eigenvalue weighted by Crippen LogP contribution is -2.37. The van der Waals surface area contributed by atoms with Gasteiger partial charge in [0, 0.05) is 6.20 Å². The predicted octanol–water partition coefficient (Wildman–Crippen LogP) is 3.39. The van der Waals surface area contributed by atoms with Crippen LogP contribution in [0.5, 0.6) is 0 Å². The number of pyridine rings is 1. The van der Waals surface area contributed by atoms with Crippen molar-refractivity contribution in [2.45, 2.75) is 38.1 Å². The number of nitrogens with zero attached hydrogens (tertiary/aromatic N) is 1. The predicted molar refractivity (Wildman–Crippen MR) is 99.7 cm³/mol. The Balaban J connectivity index is 1.69. The molecule has 2 aromatic rings. The molecule has 0 radical (unpaired) electrons. The van der Waals surface area contributed by atoms with Crippen LogP contribution in [0.4, 0.5) is 4.39 Å². The Kier molecular flexibility index (Phi) is 6.34. The molecule has 3 rings (SSSR count). The average molecular weight is 355 g/mol. The first-order valence-electron chi connectivity index (χ1n) is 9.30. The number of nitrogens with one attached hydrogen (secondary N) is 1. The van der Waals surface area contributed by atoms with Crippen molar-refractivity contribution in [2.24, 2.45) is 17.6 Å². The number of nitrogens with two attached hydrogens (primary N) is 1. The summed E-state index contributed by atoms with van der Waals surface area (Å²) in [5.41, 5.74) is 7.51. The monoisotopic (exact) mass is 355 g/mol. The smallest absolute Gasteiger partial charge is 0.224 e. The highest BCUT2D eigenvalue weighted by Crippen LogP contribution is 2.36. The molecule has 26 heavy (non-hydrogen) atoms. The highest BCUT2D eigenvalue weighted by Gasteiger charge is 2.30. The molecule has 0 spiro atoms. The number of aromatic nitrogens is 1. The van der Waals surface area contributed by atoms with Crippen LogP contribution in [-0.4, -0.2) is 17.4 Å². The third-order valence-electron chi connectivity index (χ3n) is 5.30. The van der Waals surface area contributed by atoms with Crippen LogP contribution in [0.1, 0.15) is 43.0 Å². The SMILES string of the molecule is NCC1CCC([C@@H](NC(=O)Cc2ccc(F)cc2)c2ccccn2)CC1. The molecule has 3 N–H and O–H groups in total. The van der Waals surface area contributed by atoms with Gasteiger partial charge in [-0.25, -0.2) is 4.39 Å². The van der Waals surface area contributed by atoms with E-state index in [1.165, 1.54) is 12.1 Å². The van der Waals surface area contributed by atoms with Gasteiger partial charge in [0.2, 0.25) is 5.91 Å². The van der Waals surface area contributed by atoms with E-state index in [4.69, 9.17) is 5.73 Å². The molecule has 1 atom stereocenters. The molecule has 1 fully saturated rings. The molecule has 4 nitrogen and oxygen atoms in total. The van der Waals surface area contributed by atoms with E-state index in [2.05, 4.69) is 10.3 Å². The average Bonchev–Trinajstić information content (AvgIpc) is 2.69. The van der Waals surface area contributed by atoms with Crippen molar-refractivity contribution in [1.29, 1.82) is 0 Å². The van der Waals surface area contributed by atoms with Crippen LogP contribution in [0, 0.1) is 17.7 Å². The zero-order valence-electron chi connectivity index (χ0n) is 14.9. The third kappa shape index (κ3) is 4.88. The van der Waals surface area contributed by atoms with Crippen molar-refractivity contribution in [3.05, 3.63) is 65.7 Å². The van der Waals surface area contributed by atoms with E-state index in [0.29, 0.717) is 11.8 Å². The fraction of sp³-hybridized carbons (Fsp3) is 0.429. The quantitative estimate of drug-likeness (QED) is 0.835. The third-order valence-corrected chi connectivity index (χ3v) is 5.30. The summed E-state index contributed by atoms with van der Waals surface area (Å²) in [5, 5.41) is 3.17. The van der Waals surface area contributed by atoms with E-state index >= 15 is 0 Å². The minimum absolute atomic E-state index is 0.0618. The Morgan fingerprint density at radius 1 is 1.15 bits per heavy atom. The van der Waals surface area contributed by atoms with E-state index in [9.17, 15) is 9.18 Å². The van der Waals surface area contributed by atoms with Crippen molar-refractivity contribution < 1.29 is 9.18 Å². The van der Waals surface area contributed by atoms with Crippen molar-refractivity contribution in [3.8, 4) is 0 Å². The summed E-state index contributed by atoms with van der Waals surface area (Å²) in [7, 11) is 0. The first-order valence-corrected chi connectivity index (χ1v) is 9.30. The summed E-state index contributed by atoms with van der Waals surface area (Å²) in [6, 6.07) is 11.8. The molecule has 0 aliphatic heterocycles. The number of hydrogen-bond donors (Lipinski definition) is 2. The second-order valence-corrected chi connectivity index (χ2v) is 7.12. The molecule has 1 aromatic heterocycles. The lowest BCUT2D eigenvalue weighted by atomic mass is 9.77. The number of carbonyl (C=O) groups is 1. The summed E-state index contributed by atoms with van der Waals surface area (Å²) in [6.07, 6.45) is 6.28. The second kappa shape index (κ2) is 8.90. The minimum Gasteiger partial charge on any atom is -0.347 e. The van der Waals surface area contributed by atoms with E-state index in [1.807, 2.05) is 18.2 Å². The molecule has 0 bridgehead atoms. The highest BCUT2D eigenvalue weighted by molar-refractivity contribution is 5.79. The van der Waals surface area contributed by atoms with Crippen LogP contribution < -0.4 is 11.1 Å². The van der Waals surface area contributed by atoms with Gasteiger partial charge in [0.1, 0.15) is 5.82 Å². The Morgan fingerprint density at radius 3 is 2.50 bits per heavy atom. The van der Waals surface area contributed by atoms with Gasteiger partial charge >= 0.3 is 0 Å². The molecule has 0 unspecified atom stereocenters. The fourth-order valence-electron chi connectivity index (χ4n) is 3.76. The van der Waals surface area contributed by atoms with Crippen molar-refractivity contribution in [1.82, 2.24) is 10.3 Å². The van der Waals surface area contributed by atoms with Gasteiger partial charge in [-0.05, 0) is 73.9 Å². The summed E-state index contributed by atoms with van der Waals surface area (Å²) >= 11 is 0. The van der Waals surface area contributed by atoms with E-state index in [0.717, 1.165) is 43.5 Å². The lowest BCUT2D eigenvalue weighted by Gasteiger charge is -2.33. The van der Waals surface area contributed by atoms with Crippen LogP contribution in [0.3, 0.4) is 0 Å². The van der Waals surface area contributed by atoms with Gasteiger partial charge in [0.05, 0.1) is 18.2 Å². The summed E-state index contributed by atoms with van der Waals surface area (Å²) in [4.78, 5) is 17.1. The molecule has 138 valence electrons. The van der Waals surface area contributed by atoms with Crippen LogP contribution in [0.25, 0.3) is 0 Å². The second-order valence-electron chi connectivity index (χ2n) is 7.12.